The van der Waals surface area contributed by atoms with Crippen molar-refractivity contribution in [2.45, 2.75) is 13.8 Å². The average molecular weight is 332 g/mol. The molecule has 0 bridgehead atoms. The van der Waals surface area contributed by atoms with Gasteiger partial charge in [-0.1, -0.05) is 35.9 Å². The minimum absolute atomic E-state index is 0.0969. The monoisotopic (exact) mass is 332 g/mol. The molecule has 126 valence electrons. The summed E-state index contributed by atoms with van der Waals surface area (Å²) in [6.45, 7) is 4.71. The Morgan fingerprint density at radius 3 is 2.60 bits per heavy atom. The summed E-state index contributed by atoms with van der Waals surface area (Å²) in [5.41, 5.74) is 10.3. The second kappa shape index (κ2) is 7.13. The van der Waals surface area contributed by atoms with Gasteiger partial charge in [0.25, 0.3) is 0 Å². The van der Waals surface area contributed by atoms with Crippen LogP contribution in [0.5, 0.6) is 0 Å². The number of hydrogen-bond donors (Lipinski definition) is 2. The van der Waals surface area contributed by atoms with Crippen LogP contribution >= 0.6 is 0 Å². The number of anilines is 2. The highest BCUT2D eigenvalue weighted by atomic mass is 16.1. The Hall–Kier alpha value is -3.21. The summed E-state index contributed by atoms with van der Waals surface area (Å²) in [5.74, 6) is 0.462. The molecule has 2 aromatic carbocycles. The maximum absolute atomic E-state index is 12.8. The van der Waals surface area contributed by atoms with Crippen molar-refractivity contribution in [1.82, 2.24) is 9.97 Å². The Bertz CT molecular complexity index is 904. The second-order valence-electron chi connectivity index (χ2n) is 5.79. The van der Waals surface area contributed by atoms with Gasteiger partial charge in [0.15, 0.2) is 5.78 Å². The van der Waals surface area contributed by atoms with E-state index in [1.165, 1.54) is 0 Å². The lowest BCUT2D eigenvalue weighted by atomic mass is 9.98. The van der Waals surface area contributed by atoms with Crippen LogP contribution in [0.3, 0.4) is 0 Å². The lowest BCUT2D eigenvalue weighted by molar-refractivity contribution is 0.103. The van der Waals surface area contributed by atoms with Gasteiger partial charge in [-0.15, -0.1) is 0 Å². The molecule has 0 amide bonds. The number of nitrogens with zero attached hydrogens (tertiary/aromatic N) is 2. The lowest BCUT2D eigenvalue weighted by Crippen LogP contribution is -2.06. The van der Waals surface area contributed by atoms with Crippen molar-refractivity contribution < 1.29 is 4.79 Å². The number of rotatable bonds is 5. The molecule has 0 atom stereocenters. The summed E-state index contributed by atoms with van der Waals surface area (Å²) < 4.78 is 0. The lowest BCUT2D eigenvalue weighted by Gasteiger charge is -2.09. The zero-order valence-corrected chi connectivity index (χ0v) is 14.3. The van der Waals surface area contributed by atoms with Crippen LogP contribution in [-0.4, -0.2) is 22.3 Å². The Labute approximate surface area is 146 Å². The fourth-order valence-corrected chi connectivity index (χ4v) is 2.54. The third-order valence-corrected chi connectivity index (χ3v) is 3.90. The van der Waals surface area contributed by atoms with Gasteiger partial charge in [-0.2, -0.15) is 0 Å². The number of nitrogens with one attached hydrogen (secondary N) is 1. The Morgan fingerprint density at radius 1 is 1.12 bits per heavy atom. The van der Waals surface area contributed by atoms with Crippen molar-refractivity contribution in [3.63, 3.8) is 0 Å². The van der Waals surface area contributed by atoms with Crippen molar-refractivity contribution in [1.29, 1.82) is 0 Å². The summed E-state index contributed by atoms with van der Waals surface area (Å²) >= 11 is 0. The Morgan fingerprint density at radius 2 is 1.88 bits per heavy atom. The minimum Gasteiger partial charge on any atom is -0.398 e. The summed E-state index contributed by atoms with van der Waals surface area (Å²) in [6, 6.07) is 14.7. The number of nitrogens with two attached hydrogens (primary N) is 1. The van der Waals surface area contributed by atoms with Gasteiger partial charge in [-0.3, -0.25) is 4.79 Å². The van der Waals surface area contributed by atoms with Gasteiger partial charge in [-0.25, -0.2) is 9.97 Å². The van der Waals surface area contributed by atoms with E-state index in [2.05, 4.69) is 15.3 Å². The Kier molecular flexibility index (Phi) is 4.75. The Balaban J connectivity index is 1.99. The van der Waals surface area contributed by atoms with Crippen LogP contribution in [0.4, 0.5) is 11.6 Å². The molecule has 0 aliphatic rings. The fourth-order valence-electron chi connectivity index (χ4n) is 2.54. The van der Waals surface area contributed by atoms with Crippen molar-refractivity contribution in [3.05, 3.63) is 71.4 Å². The molecule has 0 fully saturated rings. The van der Waals surface area contributed by atoms with Crippen LogP contribution in [0, 0.1) is 6.92 Å². The van der Waals surface area contributed by atoms with E-state index in [-0.39, 0.29) is 5.78 Å². The number of benzene rings is 2. The molecule has 0 spiro atoms. The second-order valence-corrected chi connectivity index (χ2v) is 5.79. The molecule has 25 heavy (non-hydrogen) atoms. The predicted octanol–water partition coefficient (Wildman–Crippen LogP) is 3.70. The molecule has 3 rings (SSSR count). The predicted molar refractivity (Wildman–Crippen MR) is 101 cm³/mol. The highest BCUT2D eigenvalue weighted by molar-refractivity contribution is 6.12. The molecule has 0 saturated heterocycles. The summed E-state index contributed by atoms with van der Waals surface area (Å²) in [6.07, 6.45) is 1.69. The molecular weight excluding hydrogens is 312 g/mol. The number of carbonyl (C=O) groups is 1. The zero-order valence-electron chi connectivity index (χ0n) is 14.3. The van der Waals surface area contributed by atoms with Crippen LogP contribution in [0.2, 0.25) is 0 Å². The van der Waals surface area contributed by atoms with Crippen LogP contribution in [0.15, 0.2) is 54.7 Å². The number of aromatic nitrogens is 2. The third-order valence-electron chi connectivity index (χ3n) is 3.90. The summed E-state index contributed by atoms with van der Waals surface area (Å²) in [4.78, 5) is 21.5. The molecule has 0 radical (unpaired) electrons. The van der Waals surface area contributed by atoms with Gasteiger partial charge in [0, 0.05) is 35.1 Å². The van der Waals surface area contributed by atoms with E-state index >= 15 is 0 Å². The van der Waals surface area contributed by atoms with Crippen LogP contribution in [0.1, 0.15) is 28.4 Å². The van der Waals surface area contributed by atoms with E-state index in [4.69, 9.17) is 5.73 Å². The maximum Gasteiger partial charge on any atom is 0.223 e. The van der Waals surface area contributed by atoms with Gasteiger partial charge in [0.1, 0.15) is 0 Å². The molecule has 5 nitrogen and oxygen atoms in total. The first-order valence-electron chi connectivity index (χ1n) is 8.16. The SMILES string of the molecule is CCNc1nccc(-c2ccc(N)c(C(=O)c3ccc(C)cc3)c2)n1. The molecule has 3 N–H and O–H groups in total. The van der Waals surface area contributed by atoms with E-state index < -0.39 is 0 Å². The van der Waals surface area contributed by atoms with E-state index in [1.807, 2.05) is 50.2 Å². The summed E-state index contributed by atoms with van der Waals surface area (Å²) in [5, 5.41) is 3.08. The molecule has 3 aromatic rings. The van der Waals surface area contributed by atoms with Gasteiger partial charge in [0.2, 0.25) is 5.95 Å². The first kappa shape index (κ1) is 16.6. The van der Waals surface area contributed by atoms with Crippen LogP contribution in [0.25, 0.3) is 11.3 Å². The molecule has 0 unspecified atom stereocenters. The molecule has 0 saturated carbocycles. The largest absolute Gasteiger partial charge is 0.398 e. The zero-order chi connectivity index (χ0) is 17.8. The van der Waals surface area contributed by atoms with Gasteiger partial charge >= 0.3 is 0 Å². The van der Waals surface area contributed by atoms with Gasteiger partial charge in [-0.05, 0) is 32.0 Å². The molecule has 0 aliphatic carbocycles. The van der Waals surface area contributed by atoms with Crippen molar-refractivity contribution in [2.75, 3.05) is 17.6 Å². The molecular formula is C20H20N4O. The number of ketones is 1. The quantitative estimate of drug-likeness (QED) is 0.550. The van der Waals surface area contributed by atoms with Crippen molar-refractivity contribution in [3.8, 4) is 11.3 Å². The number of carbonyl (C=O) groups excluding carboxylic acids is 1. The first-order valence-corrected chi connectivity index (χ1v) is 8.16. The molecule has 1 heterocycles. The minimum atomic E-state index is -0.0969. The fraction of sp³-hybridized carbons (Fsp3) is 0.150. The molecule has 5 heteroatoms. The molecule has 0 aliphatic heterocycles. The van der Waals surface area contributed by atoms with Crippen molar-refractivity contribution in [2.24, 2.45) is 0 Å². The van der Waals surface area contributed by atoms with Crippen LogP contribution in [-0.2, 0) is 0 Å². The van der Waals surface area contributed by atoms with Gasteiger partial charge < -0.3 is 11.1 Å². The van der Waals surface area contributed by atoms with E-state index in [0.717, 1.165) is 23.4 Å². The highest BCUT2D eigenvalue weighted by Crippen LogP contribution is 2.25. The maximum atomic E-state index is 12.8. The number of nitrogen functional groups attached to an aromatic ring is 1. The number of aryl methyl sites for hydroxylation is 1. The summed E-state index contributed by atoms with van der Waals surface area (Å²) in [7, 11) is 0. The first-order chi connectivity index (χ1) is 12.1. The van der Waals surface area contributed by atoms with E-state index in [0.29, 0.717) is 22.8 Å². The van der Waals surface area contributed by atoms with Crippen molar-refractivity contribution >= 4 is 17.4 Å². The van der Waals surface area contributed by atoms with Gasteiger partial charge in [0.05, 0.1) is 5.69 Å². The van der Waals surface area contributed by atoms with Crippen LogP contribution < -0.4 is 11.1 Å². The third kappa shape index (κ3) is 3.66. The number of hydrogen-bond acceptors (Lipinski definition) is 5. The van der Waals surface area contributed by atoms with E-state index in [1.54, 1.807) is 18.3 Å². The smallest absolute Gasteiger partial charge is 0.223 e. The standard InChI is InChI=1S/C20H20N4O/c1-3-22-20-23-11-10-18(24-20)15-8-9-17(21)16(12-15)19(25)14-6-4-13(2)5-7-14/h4-12H,3,21H2,1-2H3,(H,22,23,24). The normalized spacial score (nSPS) is 10.5. The van der Waals surface area contributed by atoms with E-state index in [9.17, 15) is 4.79 Å². The topological polar surface area (TPSA) is 80.9 Å². The highest BCUT2D eigenvalue weighted by Gasteiger charge is 2.14. The average Bonchev–Trinajstić information content (AvgIpc) is 2.63. The molecule has 1 aromatic heterocycles.